The predicted molar refractivity (Wildman–Crippen MR) is 122 cm³/mol. The van der Waals surface area contributed by atoms with Gasteiger partial charge in [-0.05, 0) is 37.6 Å². The van der Waals surface area contributed by atoms with Crippen LogP contribution in [0.1, 0.15) is 23.6 Å². The van der Waals surface area contributed by atoms with Crippen LogP contribution in [0.2, 0.25) is 0 Å². The summed E-state index contributed by atoms with van der Waals surface area (Å²) in [4.78, 5) is 30.4. The van der Waals surface area contributed by atoms with Crippen molar-refractivity contribution < 1.29 is 13.6 Å². The Hall–Kier alpha value is -3.53. The Morgan fingerprint density at radius 3 is 2.82 bits per heavy atom. The summed E-state index contributed by atoms with van der Waals surface area (Å²) >= 11 is 1.37. The van der Waals surface area contributed by atoms with E-state index in [9.17, 15) is 18.4 Å². The molecule has 4 aromatic rings. The zero-order valence-corrected chi connectivity index (χ0v) is 18.6. The standard InChI is InChI=1S/C23H19F2N5O2S/c1-12-3-6-19(13(2)7-12)30-21-16(10-26-30)22(32)29-15(11-33-23(29)28-21)9-20(31)27-18-8-14(24)4-5-17(18)25/h3-8,10,15H,9,11H2,1-2H3,(H,27,31). The Morgan fingerprint density at radius 1 is 1.21 bits per heavy atom. The number of nitrogens with zero attached hydrogens (tertiary/aromatic N) is 4. The van der Waals surface area contributed by atoms with Gasteiger partial charge in [0.15, 0.2) is 10.8 Å². The average molecular weight is 468 g/mol. The maximum atomic E-state index is 13.9. The highest BCUT2D eigenvalue weighted by atomic mass is 32.2. The van der Waals surface area contributed by atoms with Crippen molar-refractivity contribution in [1.82, 2.24) is 19.3 Å². The summed E-state index contributed by atoms with van der Waals surface area (Å²) < 4.78 is 30.4. The van der Waals surface area contributed by atoms with E-state index < -0.39 is 23.6 Å². The predicted octanol–water partition coefficient (Wildman–Crippen LogP) is 4.15. The second-order valence-corrected chi connectivity index (χ2v) is 8.98. The van der Waals surface area contributed by atoms with Crippen LogP contribution in [0, 0.1) is 25.5 Å². The third kappa shape index (κ3) is 3.80. The molecule has 1 aliphatic heterocycles. The number of fused-ring (bicyclic) bond motifs is 2. The molecule has 2 aromatic carbocycles. The van der Waals surface area contributed by atoms with Crippen molar-refractivity contribution in [2.24, 2.45) is 0 Å². The molecule has 0 saturated carbocycles. The third-order valence-electron chi connectivity index (χ3n) is 5.57. The molecule has 1 atom stereocenters. The quantitative estimate of drug-likeness (QED) is 0.456. The lowest BCUT2D eigenvalue weighted by molar-refractivity contribution is -0.116. The highest BCUT2D eigenvalue weighted by molar-refractivity contribution is 7.99. The van der Waals surface area contributed by atoms with Gasteiger partial charge < -0.3 is 5.32 Å². The molecular formula is C23H19F2N5O2S. The monoisotopic (exact) mass is 467 g/mol. The zero-order valence-electron chi connectivity index (χ0n) is 17.8. The van der Waals surface area contributed by atoms with Crippen molar-refractivity contribution in [3.05, 3.63) is 75.7 Å². The highest BCUT2D eigenvalue weighted by Crippen LogP contribution is 2.34. The Morgan fingerprint density at radius 2 is 2.03 bits per heavy atom. The fourth-order valence-corrected chi connectivity index (χ4v) is 5.14. The minimum absolute atomic E-state index is 0.0751. The minimum Gasteiger partial charge on any atom is -0.323 e. The molecule has 3 heterocycles. The number of nitrogens with one attached hydrogen (secondary N) is 1. The van der Waals surface area contributed by atoms with Gasteiger partial charge in [0, 0.05) is 18.2 Å². The van der Waals surface area contributed by atoms with Gasteiger partial charge in [-0.2, -0.15) is 5.10 Å². The van der Waals surface area contributed by atoms with Crippen molar-refractivity contribution in [3.63, 3.8) is 0 Å². The number of carbonyl (C=O) groups excluding carboxylic acids is 1. The molecule has 10 heteroatoms. The van der Waals surface area contributed by atoms with E-state index in [4.69, 9.17) is 0 Å². The molecule has 1 unspecified atom stereocenters. The number of anilines is 1. The summed E-state index contributed by atoms with van der Waals surface area (Å²) in [5.74, 6) is -1.44. The molecule has 2 aromatic heterocycles. The number of carbonyl (C=O) groups is 1. The van der Waals surface area contributed by atoms with Gasteiger partial charge >= 0.3 is 0 Å². The van der Waals surface area contributed by atoms with Crippen molar-refractivity contribution in [3.8, 4) is 5.69 Å². The van der Waals surface area contributed by atoms with Gasteiger partial charge in [-0.25, -0.2) is 18.4 Å². The Bertz CT molecular complexity index is 1480. The van der Waals surface area contributed by atoms with Gasteiger partial charge in [0.2, 0.25) is 5.91 Å². The molecule has 0 fully saturated rings. The van der Waals surface area contributed by atoms with Gasteiger partial charge in [-0.3, -0.25) is 14.2 Å². The molecule has 1 aliphatic rings. The van der Waals surface area contributed by atoms with Crippen LogP contribution in [-0.2, 0) is 4.79 Å². The number of thioether (sulfide) groups is 1. The van der Waals surface area contributed by atoms with E-state index in [0.717, 1.165) is 35.0 Å². The fourth-order valence-electron chi connectivity index (χ4n) is 4.01. The average Bonchev–Trinajstić information content (AvgIpc) is 3.36. The van der Waals surface area contributed by atoms with E-state index >= 15 is 0 Å². The molecule has 0 aliphatic carbocycles. The molecular weight excluding hydrogens is 448 g/mol. The summed E-state index contributed by atoms with van der Waals surface area (Å²) in [6.45, 7) is 3.98. The highest BCUT2D eigenvalue weighted by Gasteiger charge is 2.30. The number of aromatic nitrogens is 4. The van der Waals surface area contributed by atoms with E-state index in [1.165, 1.54) is 22.5 Å². The topological polar surface area (TPSA) is 81.8 Å². The van der Waals surface area contributed by atoms with E-state index in [1.54, 1.807) is 4.68 Å². The lowest BCUT2D eigenvalue weighted by atomic mass is 10.1. The van der Waals surface area contributed by atoms with Gasteiger partial charge in [0.1, 0.15) is 17.0 Å². The zero-order chi connectivity index (χ0) is 23.3. The number of rotatable bonds is 4. The molecule has 0 spiro atoms. The molecule has 0 bridgehead atoms. The van der Waals surface area contributed by atoms with Gasteiger partial charge in [-0.1, -0.05) is 29.5 Å². The fraction of sp³-hybridized carbons (Fsp3) is 0.217. The van der Waals surface area contributed by atoms with Crippen molar-refractivity contribution >= 4 is 34.4 Å². The van der Waals surface area contributed by atoms with E-state index in [1.807, 2.05) is 32.0 Å². The van der Waals surface area contributed by atoms with Crippen molar-refractivity contribution in [2.45, 2.75) is 31.5 Å². The van der Waals surface area contributed by atoms with Gasteiger partial charge in [0.05, 0.1) is 23.6 Å². The molecule has 5 rings (SSSR count). The molecule has 0 saturated heterocycles. The van der Waals surface area contributed by atoms with Crippen molar-refractivity contribution in [1.29, 1.82) is 0 Å². The smallest absolute Gasteiger partial charge is 0.265 e. The SMILES string of the molecule is Cc1ccc(-n2ncc3c(=O)n4c(nc32)SCC4CC(=O)Nc2cc(F)ccc2F)c(C)c1. The van der Waals surface area contributed by atoms with E-state index in [-0.39, 0.29) is 17.7 Å². The Balaban J connectivity index is 1.46. The first-order chi connectivity index (χ1) is 15.8. The molecule has 1 amide bonds. The van der Waals surface area contributed by atoms with Gasteiger partial charge in [0.25, 0.3) is 5.56 Å². The van der Waals surface area contributed by atoms with Crippen LogP contribution < -0.4 is 10.9 Å². The van der Waals surface area contributed by atoms with E-state index in [2.05, 4.69) is 15.4 Å². The van der Waals surface area contributed by atoms with Crippen molar-refractivity contribution in [2.75, 3.05) is 11.1 Å². The third-order valence-corrected chi connectivity index (χ3v) is 6.67. The summed E-state index contributed by atoms with van der Waals surface area (Å²) in [5.41, 5.74) is 2.90. The van der Waals surface area contributed by atoms with Gasteiger partial charge in [-0.15, -0.1) is 0 Å². The first kappa shape index (κ1) is 21.3. The maximum Gasteiger partial charge on any atom is 0.265 e. The summed E-state index contributed by atoms with van der Waals surface area (Å²) in [7, 11) is 0. The molecule has 33 heavy (non-hydrogen) atoms. The summed E-state index contributed by atoms with van der Waals surface area (Å²) in [6.07, 6.45) is 1.41. The van der Waals surface area contributed by atoms with E-state index in [0.29, 0.717) is 21.9 Å². The lowest BCUT2D eigenvalue weighted by Gasteiger charge is -2.14. The Kier molecular flexibility index (Phi) is 5.24. The second-order valence-electron chi connectivity index (χ2n) is 7.99. The minimum atomic E-state index is -0.731. The number of halogens is 2. The van der Waals surface area contributed by atoms with Crippen LogP contribution in [-0.4, -0.2) is 31.0 Å². The number of aryl methyl sites for hydroxylation is 2. The second kappa shape index (κ2) is 8.11. The number of amides is 1. The van der Waals surface area contributed by atoms with Crippen LogP contribution >= 0.6 is 11.8 Å². The summed E-state index contributed by atoms with van der Waals surface area (Å²) in [5, 5.41) is 7.62. The number of hydrogen-bond acceptors (Lipinski definition) is 5. The van der Waals surface area contributed by atoms with Crippen LogP contribution in [0.4, 0.5) is 14.5 Å². The van der Waals surface area contributed by atoms with Crippen LogP contribution in [0.5, 0.6) is 0 Å². The molecule has 7 nitrogen and oxygen atoms in total. The van der Waals surface area contributed by atoms with Crippen LogP contribution in [0.3, 0.4) is 0 Å². The normalized spacial score (nSPS) is 15.1. The maximum absolute atomic E-state index is 13.9. The van der Waals surface area contributed by atoms with Crippen LogP contribution in [0.25, 0.3) is 16.7 Å². The molecule has 0 radical (unpaired) electrons. The van der Waals surface area contributed by atoms with Crippen LogP contribution in [0.15, 0.2) is 52.5 Å². The molecule has 168 valence electrons. The Labute approximate surface area is 191 Å². The molecule has 1 N–H and O–H groups in total. The largest absolute Gasteiger partial charge is 0.323 e. The first-order valence-corrected chi connectivity index (χ1v) is 11.3. The lowest BCUT2D eigenvalue weighted by Crippen LogP contribution is -2.28. The first-order valence-electron chi connectivity index (χ1n) is 10.3. The number of benzene rings is 2. The number of hydrogen-bond donors (Lipinski definition) is 1. The summed E-state index contributed by atoms with van der Waals surface area (Å²) in [6, 6.07) is 8.33.